The van der Waals surface area contributed by atoms with E-state index in [1.165, 1.54) is 19.2 Å². The lowest BCUT2D eigenvalue weighted by atomic mass is 10.2. The summed E-state index contributed by atoms with van der Waals surface area (Å²) in [5.74, 6) is 2.18. The molecule has 1 fully saturated rings. The molecule has 1 aliphatic heterocycles. The molecule has 1 aliphatic rings. The van der Waals surface area contributed by atoms with Gasteiger partial charge in [-0.05, 0) is 63.2 Å². The van der Waals surface area contributed by atoms with Crippen LogP contribution in [0.1, 0.15) is 18.5 Å². The lowest BCUT2D eigenvalue weighted by molar-refractivity contribution is 0.0747. The Labute approximate surface area is 192 Å². The van der Waals surface area contributed by atoms with E-state index in [2.05, 4.69) is 25.9 Å². The lowest BCUT2D eigenvalue weighted by Crippen LogP contribution is -2.33. The van der Waals surface area contributed by atoms with Crippen LogP contribution in [-0.2, 0) is 0 Å². The van der Waals surface area contributed by atoms with Crippen molar-refractivity contribution in [2.24, 2.45) is 0 Å². The number of hydrogen-bond acceptors (Lipinski definition) is 7. The Balaban J connectivity index is 1.37. The number of nitrogens with zero attached hydrogens (tertiary/aromatic N) is 3. The van der Waals surface area contributed by atoms with E-state index in [1.807, 2.05) is 31.2 Å². The molecule has 8 heteroatoms. The Morgan fingerprint density at radius 3 is 2.76 bits per heavy atom. The molecule has 2 N–H and O–H groups in total. The van der Waals surface area contributed by atoms with Crippen LogP contribution in [0.2, 0.25) is 0 Å². The number of aromatic amines is 1. The Kier molecular flexibility index (Phi) is 6.02. The number of likely N-dealkylation sites (tertiary alicyclic amines) is 1. The van der Waals surface area contributed by atoms with Crippen LogP contribution in [-0.4, -0.2) is 64.4 Å². The summed E-state index contributed by atoms with van der Waals surface area (Å²) in [5, 5.41) is 12.2. The number of nitrogens with one attached hydrogen (secondary N) is 1. The van der Waals surface area contributed by atoms with Gasteiger partial charge in [0.05, 0.1) is 18.0 Å². The van der Waals surface area contributed by atoms with E-state index in [0.717, 1.165) is 29.7 Å². The van der Waals surface area contributed by atoms with Crippen molar-refractivity contribution in [3.8, 4) is 23.1 Å². The van der Waals surface area contributed by atoms with Crippen molar-refractivity contribution in [3.63, 3.8) is 0 Å². The van der Waals surface area contributed by atoms with Crippen LogP contribution >= 0.6 is 0 Å². The van der Waals surface area contributed by atoms with Gasteiger partial charge in [-0.15, -0.1) is 0 Å². The standard InChI is InChI=1S/C25H28N4O4/c1-16-9-17-10-19(5-6-21(17)28-16)33-25-20-11-23(31-2)24(12-22(20)26-15-27-25)32-14-18(30)13-29-7-3-4-8-29/h5-6,9-12,15,18,28,30H,3-4,7-8,13-14H2,1-2H3/t18-/m0/s1. The zero-order chi connectivity index (χ0) is 22.8. The minimum Gasteiger partial charge on any atom is -0.493 e. The average Bonchev–Trinajstić information content (AvgIpc) is 3.45. The summed E-state index contributed by atoms with van der Waals surface area (Å²) in [6.45, 7) is 4.89. The molecule has 0 unspecified atom stereocenters. The van der Waals surface area contributed by atoms with Crippen molar-refractivity contribution in [3.05, 3.63) is 48.4 Å². The molecule has 1 atom stereocenters. The van der Waals surface area contributed by atoms with E-state index in [1.54, 1.807) is 13.2 Å². The summed E-state index contributed by atoms with van der Waals surface area (Å²) in [4.78, 5) is 14.3. The monoisotopic (exact) mass is 448 g/mol. The fraction of sp³-hybridized carbons (Fsp3) is 0.360. The van der Waals surface area contributed by atoms with Gasteiger partial charge in [0.1, 0.15) is 24.8 Å². The van der Waals surface area contributed by atoms with Gasteiger partial charge in [0.15, 0.2) is 11.5 Å². The molecule has 0 saturated carbocycles. The molecule has 0 aliphatic carbocycles. The number of rotatable bonds is 8. The molecule has 3 heterocycles. The minimum absolute atomic E-state index is 0.183. The molecular weight excluding hydrogens is 420 g/mol. The SMILES string of the molecule is COc1cc2c(Oc3ccc4[nH]c(C)cc4c3)ncnc2cc1OC[C@@H](O)CN1CCCC1. The van der Waals surface area contributed by atoms with Crippen LogP contribution in [0.4, 0.5) is 0 Å². The van der Waals surface area contributed by atoms with Gasteiger partial charge in [0.25, 0.3) is 0 Å². The first-order chi connectivity index (χ1) is 16.1. The number of ether oxygens (including phenoxy) is 3. The Bertz CT molecular complexity index is 1270. The summed E-state index contributed by atoms with van der Waals surface area (Å²) in [7, 11) is 1.58. The van der Waals surface area contributed by atoms with Gasteiger partial charge in [-0.3, -0.25) is 0 Å². The third-order valence-corrected chi connectivity index (χ3v) is 5.92. The molecule has 1 saturated heterocycles. The first-order valence-corrected chi connectivity index (χ1v) is 11.2. The highest BCUT2D eigenvalue weighted by molar-refractivity contribution is 5.87. The van der Waals surface area contributed by atoms with Crippen LogP contribution in [0.3, 0.4) is 0 Å². The highest BCUT2D eigenvalue weighted by Gasteiger charge is 2.18. The van der Waals surface area contributed by atoms with Gasteiger partial charge in [-0.1, -0.05) is 0 Å². The van der Waals surface area contributed by atoms with Gasteiger partial charge < -0.3 is 29.2 Å². The smallest absolute Gasteiger partial charge is 0.230 e. The molecule has 0 bridgehead atoms. The number of benzene rings is 2. The van der Waals surface area contributed by atoms with Gasteiger partial charge in [-0.2, -0.15) is 0 Å². The summed E-state index contributed by atoms with van der Waals surface area (Å²) in [6, 6.07) is 11.5. The summed E-state index contributed by atoms with van der Waals surface area (Å²) in [5.41, 5.74) is 2.82. The quantitative estimate of drug-likeness (QED) is 0.420. The number of aliphatic hydroxyl groups is 1. The number of aliphatic hydroxyl groups excluding tert-OH is 1. The second-order valence-electron chi connectivity index (χ2n) is 8.48. The molecule has 0 spiro atoms. The fourth-order valence-electron chi connectivity index (χ4n) is 4.33. The fourth-order valence-corrected chi connectivity index (χ4v) is 4.33. The maximum atomic E-state index is 10.4. The Morgan fingerprint density at radius 1 is 1.09 bits per heavy atom. The van der Waals surface area contributed by atoms with E-state index in [0.29, 0.717) is 40.6 Å². The summed E-state index contributed by atoms with van der Waals surface area (Å²) >= 11 is 0. The number of fused-ring (bicyclic) bond motifs is 2. The van der Waals surface area contributed by atoms with Crippen molar-refractivity contribution < 1.29 is 19.3 Å². The molecule has 4 aromatic rings. The topological polar surface area (TPSA) is 92.7 Å². The number of H-pyrrole nitrogens is 1. The number of aromatic nitrogens is 3. The third-order valence-electron chi connectivity index (χ3n) is 5.92. The molecule has 5 rings (SSSR count). The van der Waals surface area contributed by atoms with Crippen LogP contribution in [0, 0.1) is 6.92 Å². The summed E-state index contributed by atoms with van der Waals surface area (Å²) in [6.07, 6.45) is 3.28. The second kappa shape index (κ2) is 9.25. The first kappa shape index (κ1) is 21.5. The van der Waals surface area contributed by atoms with Crippen molar-refractivity contribution in [2.75, 3.05) is 33.4 Å². The summed E-state index contributed by atoms with van der Waals surface area (Å²) < 4.78 is 17.6. The molecule has 2 aromatic carbocycles. The van der Waals surface area contributed by atoms with Gasteiger partial charge >= 0.3 is 0 Å². The van der Waals surface area contributed by atoms with Crippen molar-refractivity contribution in [2.45, 2.75) is 25.9 Å². The van der Waals surface area contributed by atoms with Crippen LogP contribution in [0.15, 0.2) is 42.7 Å². The van der Waals surface area contributed by atoms with E-state index in [9.17, 15) is 5.11 Å². The molecule has 8 nitrogen and oxygen atoms in total. The molecular formula is C25H28N4O4. The number of methoxy groups -OCH3 is 1. The van der Waals surface area contributed by atoms with Gasteiger partial charge in [-0.25, -0.2) is 9.97 Å². The molecule has 33 heavy (non-hydrogen) atoms. The van der Waals surface area contributed by atoms with Crippen LogP contribution in [0.25, 0.3) is 21.8 Å². The third kappa shape index (κ3) is 4.72. The van der Waals surface area contributed by atoms with E-state index < -0.39 is 6.10 Å². The van der Waals surface area contributed by atoms with Gasteiger partial charge in [0, 0.05) is 29.2 Å². The highest BCUT2D eigenvalue weighted by Crippen LogP contribution is 2.36. The van der Waals surface area contributed by atoms with E-state index in [-0.39, 0.29) is 6.61 Å². The number of aryl methyl sites for hydroxylation is 1. The average molecular weight is 449 g/mol. The Hall–Kier alpha value is -3.36. The zero-order valence-electron chi connectivity index (χ0n) is 18.9. The van der Waals surface area contributed by atoms with Gasteiger partial charge in [0.2, 0.25) is 5.88 Å². The second-order valence-corrected chi connectivity index (χ2v) is 8.48. The molecule has 0 radical (unpaired) electrons. The maximum Gasteiger partial charge on any atom is 0.230 e. The predicted molar refractivity (Wildman–Crippen MR) is 126 cm³/mol. The predicted octanol–water partition coefficient (Wildman–Crippen LogP) is 4.06. The van der Waals surface area contributed by atoms with Crippen molar-refractivity contribution >= 4 is 21.8 Å². The lowest BCUT2D eigenvalue weighted by Gasteiger charge is -2.20. The van der Waals surface area contributed by atoms with Crippen molar-refractivity contribution in [1.82, 2.24) is 19.9 Å². The highest BCUT2D eigenvalue weighted by atomic mass is 16.5. The molecule has 0 amide bonds. The van der Waals surface area contributed by atoms with Crippen molar-refractivity contribution in [1.29, 1.82) is 0 Å². The largest absolute Gasteiger partial charge is 0.493 e. The first-order valence-electron chi connectivity index (χ1n) is 11.2. The normalized spacial score (nSPS) is 15.2. The zero-order valence-corrected chi connectivity index (χ0v) is 18.9. The number of hydrogen-bond donors (Lipinski definition) is 2. The van der Waals surface area contributed by atoms with E-state index >= 15 is 0 Å². The maximum absolute atomic E-state index is 10.4. The molecule has 2 aromatic heterocycles. The minimum atomic E-state index is -0.570. The molecule has 172 valence electrons. The van der Waals surface area contributed by atoms with E-state index in [4.69, 9.17) is 14.2 Å². The van der Waals surface area contributed by atoms with Crippen LogP contribution in [0.5, 0.6) is 23.1 Å². The number of β-amino-alcohol motifs (C(OH)–C–C–N with tert-alkyl or cyclic N) is 1. The Morgan fingerprint density at radius 2 is 1.94 bits per heavy atom. The van der Waals surface area contributed by atoms with Crippen LogP contribution < -0.4 is 14.2 Å².